The topological polar surface area (TPSA) is 91.7 Å². The molecule has 0 spiro atoms. The van der Waals surface area contributed by atoms with Gasteiger partial charge in [0.1, 0.15) is 11.4 Å². The first kappa shape index (κ1) is 20.9. The fraction of sp³-hybridized carbons (Fsp3) is 0.125. The molecular weight excluding hydrogens is 410 g/mol. The maximum absolute atomic E-state index is 13.2. The van der Waals surface area contributed by atoms with E-state index in [4.69, 9.17) is 14.2 Å². The average molecular weight is 431 g/mol. The molecule has 0 atom stereocenters. The normalized spacial score (nSPS) is 10.6. The van der Waals surface area contributed by atoms with Crippen LogP contribution in [0.1, 0.15) is 10.5 Å². The number of hydrogen-bond acceptors (Lipinski definition) is 6. The molecule has 1 aromatic heterocycles. The van der Waals surface area contributed by atoms with Crippen LogP contribution in [0.5, 0.6) is 17.2 Å². The Morgan fingerprint density at radius 2 is 1.47 bits per heavy atom. The van der Waals surface area contributed by atoms with E-state index in [0.29, 0.717) is 39.4 Å². The van der Waals surface area contributed by atoms with Gasteiger partial charge < -0.3 is 19.5 Å². The lowest BCUT2D eigenvalue weighted by atomic mass is 10.1. The van der Waals surface area contributed by atoms with Gasteiger partial charge in [-0.1, -0.05) is 30.3 Å². The van der Waals surface area contributed by atoms with Crippen LogP contribution in [0.25, 0.3) is 16.5 Å². The van der Waals surface area contributed by atoms with Gasteiger partial charge in [-0.05, 0) is 30.3 Å². The second-order valence-corrected chi connectivity index (χ2v) is 6.81. The summed E-state index contributed by atoms with van der Waals surface area (Å²) in [5, 5.41) is 8.04. The van der Waals surface area contributed by atoms with Crippen molar-refractivity contribution in [1.29, 1.82) is 0 Å². The zero-order valence-corrected chi connectivity index (χ0v) is 17.8. The third-order valence-electron chi connectivity index (χ3n) is 4.97. The van der Waals surface area contributed by atoms with Crippen LogP contribution in [-0.2, 0) is 0 Å². The smallest absolute Gasteiger partial charge is 0.279 e. The van der Waals surface area contributed by atoms with E-state index in [2.05, 4.69) is 10.4 Å². The Bertz CT molecular complexity index is 1360. The van der Waals surface area contributed by atoms with Crippen LogP contribution in [0.4, 0.5) is 5.69 Å². The molecule has 8 nitrogen and oxygen atoms in total. The van der Waals surface area contributed by atoms with Crippen molar-refractivity contribution in [3.05, 3.63) is 82.8 Å². The molecule has 0 aliphatic carbocycles. The second kappa shape index (κ2) is 8.81. The van der Waals surface area contributed by atoms with Crippen molar-refractivity contribution in [2.24, 2.45) is 0 Å². The maximum atomic E-state index is 13.2. The fourth-order valence-corrected chi connectivity index (χ4v) is 3.43. The number of nitrogens with one attached hydrogen (secondary N) is 1. The summed E-state index contributed by atoms with van der Waals surface area (Å²) in [4.78, 5) is 26.4. The van der Waals surface area contributed by atoms with Gasteiger partial charge in [-0.3, -0.25) is 9.59 Å². The molecule has 32 heavy (non-hydrogen) atoms. The number of methoxy groups -OCH3 is 3. The summed E-state index contributed by atoms with van der Waals surface area (Å²) in [7, 11) is 4.56. The Balaban J connectivity index is 1.84. The summed E-state index contributed by atoms with van der Waals surface area (Å²) in [6, 6.07) is 18.9. The minimum absolute atomic E-state index is 0.0980. The van der Waals surface area contributed by atoms with Gasteiger partial charge in [-0.15, -0.1) is 0 Å². The lowest BCUT2D eigenvalue weighted by Crippen LogP contribution is -2.26. The van der Waals surface area contributed by atoms with E-state index < -0.39 is 5.91 Å². The predicted octanol–water partition coefficient (Wildman–Crippen LogP) is 3.66. The molecule has 0 radical (unpaired) electrons. The van der Waals surface area contributed by atoms with Crippen LogP contribution < -0.4 is 25.1 Å². The number of aromatic nitrogens is 2. The summed E-state index contributed by atoms with van der Waals surface area (Å²) >= 11 is 0. The molecule has 0 bridgehead atoms. The fourth-order valence-electron chi connectivity index (χ4n) is 3.43. The monoisotopic (exact) mass is 431 g/mol. The molecule has 0 saturated heterocycles. The Kier molecular flexibility index (Phi) is 5.76. The molecule has 0 aliphatic heterocycles. The molecule has 0 fully saturated rings. The molecule has 4 aromatic rings. The number of fused-ring (bicyclic) bond motifs is 1. The summed E-state index contributed by atoms with van der Waals surface area (Å²) in [5.74, 6) is 1.00. The van der Waals surface area contributed by atoms with Gasteiger partial charge >= 0.3 is 0 Å². The number of nitrogens with zero attached hydrogens (tertiary/aromatic N) is 2. The first-order valence-electron chi connectivity index (χ1n) is 9.76. The third-order valence-corrected chi connectivity index (χ3v) is 4.97. The number of carbonyl (C=O) groups excluding carboxylic acids is 1. The van der Waals surface area contributed by atoms with E-state index in [1.165, 1.54) is 26.0 Å². The molecule has 8 heteroatoms. The van der Waals surface area contributed by atoms with E-state index >= 15 is 0 Å². The highest BCUT2D eigenvalue weighted by atomic mass is 16.5. The predicted molar refractivity (Wildman–Crippen MR) is 121 cm³/mol. The molecular formula is C24H21N3O5. The average Bonchev–Trinajstić information content (AvgIpc) is 2.84. The number of anilines is 1. The maximum Gasteiger partial charge on any atom is 0.279 e. The SMILES string of the molecule is COc1ccc(NC(=O)c2nn(-c3ccccc3OC)c(=O)c3ccccc23)cc1OC. The van der Waals surface area contributed by atoms with Gasteiger partial charge in [0.25, 0.3) is 11.5 Å². The summed E-state index contributed by atoms with van der Waals surface area (Å²) in [6.07, 6.45) is 0. The highest BCUT2D eigenvalue weighted by molar-refractivity contribution is 6.11. The van der Waals surface area contributed by atoms with Crippen molar-refractivity contribution in [1.82, 2.24) is 9.78 Å². The van der Waals surface area contributed by atoms with Crippen molar-refractivity contribution in [3.8, 4) is 22.9 Å². The van der Waals surface area contributed by atoms with Crippen LogP contribution in [0, 0.1) is 0 Å². The molecule has 1 heterocycles. The van der Waals surface area contributed by atoms with Gasteiger partial charge in [0.2, 0.25) is 0 Å². The molecule has 0 aliphatic rings. The Hall–Kier alpha value is -4.33. The van der Waals surface area contributed by atoms with E-state index in [1.807, 2.05) is 0 Å². The van der Waals surface area contributed by atoms with E-state index in [-0.39, 0.29) is 11.3 Å². The summed E-state index contributed by atoms with van der Waals surface area (Å²) in [6.45, 7) is 0. The van der Waals surface area contributed by atoms with Crippen molar-refractivity contribution in [2.45, 2.75) is 0 Å². The lowest BCUT2D eigenvalue weighted by molar-refractivity contribution is 0.102. The number of ether oxygens (including phenoxy) is 3. The van der Waals surface area contributed by atoms with Gasteiger partial charge in [0.15, 0.2) is 17.2 Å². The Morgan fingerprint density at radius 1 is 0.812 bits per heavy atom. The van der Waals surface area contributed by atoms with Crippen molar-refractivity contribution < 1.29 is 19.0 Å². The van der Waals surface area contributed by atoms with Crippen molar-refractivity contribution in [3.63, 3.8) is 0 Å². The first-order chi connectivity index (χ1) is 15.6. The van der Waals surface area contributed by atoms with Crippen LogP contribution in [-0.4, -0.2) is 37.0 Å². The van der Waals surface area contributed by atoms with Crippen LogP contribution >= 0.6 is 0 Å². The molecule has 3 aromatic carbocycles. The van der Waals surface area contributed by atoms with Crippen LogP contribution in [0.2, 0.25) is 0 Å². The van der Waals surface area contributed by atoms with Crippen LogP contribution in [0.15, 0.2) is 71.5 Å². The minimum atomic E-state index is -0.475. The highest BCUT2D eigenvalue weighted by Crippen LogP contribution is 2.30. The molecule has 0 unspecified atom stereocenters. The van der Waals surface area contributed by atoms with Gasteiger partial charge in [-0.2, -0.15) is 9.78 Å². The first-order valence-corrected chi connectivity index (χ1v) is 9.76. The van der Waals surface area contributed by atoms with Crippen molar-refractivity contribution in [2.75, 3.05) is 26.6 Å². The van der Waals surface area contributed by atoms with Gasteiger partial charge in [-0.25, -0.2) is 0 Å². The number of carbonyl (C=O) groups is 1. The standard InChI is InChI=1S/C24H21N3O5/c1-30-19-11-7-6-10-18(19)27-24(29)17-9-5-4-8-16(17)22(26-27)23(28)25-15-12-13-20(31-2)21(14-15)32-3/h4-14H,1-3H3,(H,25,28). The number of rotatable bonds is 6. The molecule has 1 N–H and O–H groups in total. The largest absolute Gasteiger partial charge is 0.494 e. The van der Waals surface area contributed by atoms with Gasteiger partial charge in [0.05, 0.1) is 26.7 Å². The van der Waals surface area contributed by atoms with E-state index in [0.717, 1.165) is 0 Å². The Labute approximate surface area is 184 Å². The van der Waals surface area contributed by atoms with E-state index in [1.54, 1.807) is 66.7 Å². The lowest BCUT2D eigenvalue weighted by Gasteiger charge is -2.14. The minimum Gasteiger partial charge on any atom is -0.494 e. The van der Waals surface area contributed by atoms with Crippen LogP contribution in [0.3, 0.4) is 0 Å². The summed E-state index contributed by atoms with van der Waals surface area (Å²) in [5.41, 5.74) is 0.674. The van der Waals surface area contributed by atoms with Crippen molar-refractivity contribution >= 4 is 22.4 Å². The molecule has 162 valence electrons. The molecule has 0 saturated carbocycles. The quantitative estimate of drug-likeness (QED) is 0.501. The molecule has 1 amide bonds. The zero-order chi connectivity index (χ0) is 22.7. The molecule has 4 rings (SSSR count). The third kappa shape index (κ3) is 3.74. The number of benzene rings is 3. The van der Waals surface area contributed by atoms with E-state index in [9.17, 15) is 9.59 Å². The highest BCUT2D eigenvalue weighted by Gasteiger charge is 2.19. The Morgan fingerprint density at radius 3 is 2.19 bits per heavy atom. The second-order valence-electron chi connectivity index (χ2n) is 6.81. The number of amides is 1. The zero-order valence-electron chi connectivity index (χ0n) is 17.8. The number of para-hydroxylation sites is 2. The van der Waals surface area contributed by atoms with Gasteiger partial charge in [0, 0.05) is 17.1 Å². The summed E-state index contributed by atoms with van der Waals surface area (Å²) < 4.78 is 17.1. The number of hydrogen-bond donors (Lipinski definition) is 1.